The number of rotatable bonds is 8. The Bertz CT molecular complexity index is 1220. The topological polar surface area (TPSA) is 79.5 Å². The van der Waals surface area contributed by atoms with E-state index in [1.807, 2.05) is 42.5 Å². The van der Waals surface area contributed by atoms with Gasteiger partial charge in [0.1, 0.15) is 0 Å². The first-order valence-electron chi connectivity index (χ1n) is 11.5. The molecule has 0 unspecified atom stereocenters. The van der Waals surface area contributed by atoms with Crippen molar-refractivity contribution in [1.29, 1.82) is 0 Å². The van der Waals surface area contributed by atoms with Gasteiger partial charge in [-0.15, -0.1) is 0 Å². The molecule has 0 radical (unpaired) electrons. The van der Waals surface area contributed by atoms with Crippen LogP contribution >= 0.6 is 0 Å². The minimum absolute atomic E-state index is 0.222. The highest BCUT2D eigenvalue weighted by molar-refractivity contribution is 6.37. The molecule has 6 nitrogen and oxygen atoms in total. The van der Waals surface area contributed by atoms with Gasteiger partial charge in [0.15, 0.2) is 0 Å². The van der Waals surface area contributed by atoms with Crippen molar-refractivity contribution in [2.24, 2.45) is 0 Å². The monoisotopic (exact) mass is 455 g/mol. The average Bonchev–Trinajstić information content (AvgIpc) is 3.17. The molecular formula is C28H29N3O3. The highest BCUT2D eigenvalue weighted by Gasteiger charge is 2.29. The van der Waals surface area contributed by atoms with Crippen LogP contribution in [0.3, 0.4) is 0 Å². The molecule has 3 aromatic rings. The average molecular weight is 456 g/mol. The minimum Gasteiger partial charge on any atom is -0.462 e. The molecule has 6 heteroatoms. The molecule has 1 amide bonds. The van der Waals surface area contributed by atoms with Crippen molar-refractivity contribution in [2.45, 2.75) is 33.4 Å². The molecule has 1 aliphatic heterocycles. The first kappa shape index (κ1) is 23.3. The van der Waals surface area contributed by atoms with E-state index in [9.17, 15) is 9.59 Å². The molecule has 3 aromatic carbocycles. The van der Waals surface area contributed by atoms with Crippen LogP contribution in [0.1, 0.15) is 47.8 Å². The number of hydrogen-bond acceptors (Lipinski definition) is 5. The van der Waals surface area contributed by atoms with Gasteiger partial charge in [0.25, 0.3) is 5.91 Å². The van der Waals surface area contributed by atoms with Crippen molar-refractivity contribution >= 4 is 34.5 Å². The fourth-order valence-corrected chi connectivity index (χ4v) is 3.82. The van der Waals surface area contributed by atoms with Gasteiger partial charge >= 0.3 is 5.97 Å². The summed E-state index contributed by atoms with van der Waals surface area (Å²) in [5.41, 5.74) is 5.92. The Kier molecular flexibility index (Phi) is 7.09. The van der Waals surface area contributed by atoms with E-state index in [1.165, 1.54) is 5.56 Å². The van der Waals surface area contributed by atoms with Crippen molar-refractivity contribution in [3.8, 4) is 0 Å². The molecule has 0 aliphatic carbocycles. The summed E-state index contributed by atoms with van der Waals surface area (Å²) in [6, 6.07) is 23.5. The predicted molar refractivity (Wildman–Crippen MR) is 136 cm³/mol. The van der Waals surface area contributed by atoms with Crippen LogP contribution in [0.2, 0.25) is 0 Å². The fourth-order valence-electron chi connectivity index (χ4n) is 3.82. The molecule has 0 saturated heterocycles. The van der Waals surface area contributed by atoms with Gasteiger partial charge in [0.2, 0.25) is 0 Å². The van der Waals surface area contributed by atoms with Gasteiger partial charge < -0.3 is 20.7 Å². The van der Waals surface area contributed by atoms with E-state index >= 15 is 0 Å². The number of esters is 1. The first-order chi connectivity index (χ1) is 16.5. The summed E-state index contributed by atoms with van der Waals surface area (Å²) in [5.74, 6) is -0.634. The number of fused-ring (bicyclic) bond motifs is 1. The van der Waals surface area contributed by atoms with E-state index < -0.39 is 5.97 Å². The standard InChI is InChI=1S/C28H29N3O3/c1-4-34-28(33)21-12-15-23-24(16-21)31-27(32)25(23)26(20-8-6-5-7-9-20)30-22-13-10-19(11-14-22)17-29-18(2)3/h5-16,18,29-30H,4,17H2,1-3H3,(H,31,32). The van der Waals surface area contributed by atoms with Crippen molar-refractivity contribution in [3.63, 3.8) is 0 Å². The third kappa shape index (κ3) is 5.18. The molecule has 0 aromatic heterocycles. The Morgan fingerprint density at radius 1 is 0.971 bits per heavy atom. The zero-order valence-corrected chi connectivity index (χ0v) is 19.6. The number of carbonyl (C=O) groups is 2. The highest BCUT2D eigenvalue weighted by Crippen LogP contribution is 2.38. The third-order valence-electron chi connectivity index (χ3n) is 5.53. The van der Waals surface area contributed by atoms with Crippen LogP contribution in [-0.4, -0.2) is 24.5 Å². The fraction of sp³-hybridized carbons (Fsp3) is 0.214. The molecule has 0 atom stereocenters. The van der Waals surface area contributed by atoms with Gasteiger partial charge in [-0.25, -0.2) is 4.79 Å². The van der Waals surface area contributed by atoms with Gasteiger partial charge in [-0.1, -0.05) is 62.4 Å². The van der Waals surface area contributed by atoms with Gasteiger partial charge in [0.05, 0.1) is 29.1 Å². The quantitative estimate of drug-likeness (QED) is 0.318. The van der Waals surface area contributed by atoms with Crippen LogP contribution in [-0.2, 0) is 16.1 Å². The van der Waals surface area contributed by atoms with E-state index in [0.29, 0.717) is 35.2 Å². The van der Waals surface area contributed by atoms with Crippen molar-refractivity contribution < 1.29 is 14.3 Å². The van der Waals surface area contributed by atoms with Crippen LogP contribution in [0, 0.1) is 0 Å². The maximum Gasteiger partial charge on any atom is 0.338 e. The molecule has 3 N–H and O–H groups in total. The molecule has 174 valence electrons. The molecule has 0 bridgehead atoms. The second kappa shape index (κ2) is 10.4. The Hall–Kier alpha value is -3.90. The van der Waals surface area contributed by atoms with Crippen LogP contribution < -0.4 is 16.0 Å². The number of hydrogen-bond donors (Lipinski definition) is 3. The zero-order chi connectivity index (χ0) is 24.1. The highest BCUT2D eigenvalue weighted by atomic mass is 16.5. The minimum atomic E-state index is -0.412. The van der Waals surface area contributed by atoms with E-state index in [2.05, 4.69) is 41.9 Å². The summed E-state index contributed by atoms with van der Waals surface area (Å²) in [4.78, 5) is 25.3. The molecule has 34 heavy (non-hydrogen) atoms. The number of nitrogens with one attached hydrogen (secondary N) is 3. The second-order valence-corrected chi connectivity index (χ2v) is 8.41. The van der Waals surface area contributed by atoms with Gasteiger partial charge in [-0.05, 0) is 42.3 Å². The van der Waals surface area contributed by atoms with E-state index in [1.54, 1.807) is 25.1 Å². The lowest BCUT2D eigenvalue weighted by molar-refractivity contribution is -0.110. The Morgan fingerprint density at radius 3 is 2.38 bits per heavy atom. The first-order valence-corrected chi connectivity index (χ1v) is 11.5. The van der Waals surface area contributed by atoms with Crippen LogP contribution in [0.25, 0.3) is 11.3 Å². The maximum atomic E-state index is 13.1. The van der Waals surface area contributed by atoms with E-state index in [0.717, 1.165) is 23.4 Å². The largest absolute Gasteiger partial charge is 0.462 e. The molecule has 0 spiro atoms. The SMILES string of the molecule is CCOC(=O)c1ccc2c(c1)NC(=O)C2=C(Nc1ccc(CNC(C)C)cc1)c1ccccc1. The Balaban J connectivity index is 1.72. The molecule has 4 rings (SSSR count). The van der Waals surface area contributed by atoms with Crippen molar-refractivity contribution in [2.75, 3.05) is 17.2 Å². The molecular weight excluding hydrogens is 426 g/mol. The van der Waals surface area contributed by atoms with Crippen LogP contribution in [0.15, 0.2) is 72.8 Å². The van der Waals surface area contributed by atoms with Gasteiger partial charge in [-0.3, -0.25) is 4.79 Å². The summed E-state index contributed by atoms with van der Waals surface area (Å²) in [6.45, 7) is 7.09. The van der Waals surface area contributed by atoms with E-state index in [-0.39, 0.29) is 5.91 Å². The molecule has 0 fully saturated rings. The smallest absolute Gasteiger partial charge is 0.338 e. The zero-order valence-electron chi connectivity index (χ0n) is 19.6. The summed E-state index contributed by atoms with van der Waals surface area (Å²) >= 11 is 0. The Morgan fingerprint density at radius 2 is 1.71 bits per heavy atom. The van der Waals surface area contributed by atoms with Crippen LogP contribution in [0.4, 0.5) is 11.4 Å². The number of amides is 1. The summed E-state index contributed by atoms with van der Waals surface area (Å²) < 4.78 is 5.10. The lowest BCUT2D eigenvalue weighted by Crippen LogP contribution is -2.21. The number of ether oxygens (including phenoxy) is 1. The second-order valence-electron chi connectivity index (χ2n) is 8.41. The number of carbonyl (C=O) groups excluding carboxylic acids is 2. The number of anilines is 2. The maximum absolute atomic E-state index is 13.1. The summed E-state index contributed by atoms with van der Waals surface area (Å²) in [6.07, 6.45) is 0. The van der Waals surface area contributed by atoms with Gasteiger partial charge in [-0.2, -0.15) is 0 Å². The third-order valence-corrected chi connectivity index (χ3v) is 5.53. The van der Waals surface area contributed by atoms with Crippen LogP contribution in [0.5, 0.6) is 0 Å². The normalized spacial score (nSPS) is 13.9. The predicted octanol–water partition coefficient (Wildman–Crippen LogP) is 5.29. The molecule has 1 heterocycles. The lowest BCUT2D eigenvalue weighted by atomic mass is 9.99. The molecule has 1 aliphatic rings. The summed E-state index contributed by atoms with van der Waals surface area (Å²) in [5, 5.41) is 9.78. The lowest BCUT2D eigenvalue weighted by Gasteiger charge is -2.15. The molecule has 0 saturated carbocycles. The summed E-state index contributed by atoms with van der Waals surface area (Å²) in [7, 11) is 0. The van der Waals surface area contributed by atoms with Crippen molar-refractivity contribution in [1.82, 2.24) is 5.32 Å². The van der Waals surface area contributed by atoms with E-state index in [4.69, 9.17) is 4.74 Å². The van der Waals surface area contributed by atoms with Crippen molar-refractivity contribution in [3.05, 3.63) is 95.1 Å². The number of benzene rings is 3. The van der Waals surface area contributed by atoms with Gasteiger partial charge in [0, 0.05) is 23.8 Å². The Labute approximate surface area is 200 Å².